The minimum Gasteiger partial charge on any atom is -0.481 e. The van der Waals surface area contributed by atoms with Gasteiger partial charge >= 0.3 is 5.97 Å². The molecule has 1 N–H and O–H groups in total. The average Bonchev–Trinajstić information content (AvgIpc) is 2.58. The van der Waals surface area contributed by atoms with Crippen LogP contribution in [-0.2, 0) is 11.2 Å². The zero-order valence-corrected chi connectivity index (χ0v) is 9.74. The van der Waals surface area contributed by atoms with Gasteiger partial charge in [-0.1, -0.05) is 0 Å². The Bertz CT molecular complexity index is 553. The van der Waals surface area contributed by atoms with Crippen LogP contribution in [0.4, 0.5) is 4.39 Å². The fraction of sp³-hybridized carbons (Fsp3) is 0.200. The molecule has 0 saturated heterocycles. The maximum Gasteiger partial charge on any atom is 0.303 e. The van der Waals surface area contributed by atoms with E-state index in [2.05, 4.69) is 20.9 Å². The summed E-state index contributed by atoms with van der Waals surface area (Å²) < 4.78 is 15.3. The highest BCUT2D eigenvalue weighted by molar-refractivity contribution is 9.10. The molecule has 0 unspecified atom stereocenters. The Labute approximate surface area is 98.9 Å². The van der Waals surface area contributed by atoms with Crippen LogP contribution in [0.25, 0.3) is 5.65 Å². The fourth-order valence-electron chi connectivity index (χ4n) is 1.48. The second-order valence-corrected chi connectivity index (χ2v) is 4.20. The van der Waals surface area contributed by atoms with Gasteiger partial charge in [-0.15, -0.1) is 0 Å². The number of aromatic nitrogens is 2. The predicted octanol–water partition coefficient (Wildman–Crippen LogP) is 2.25. The lowest BCUT2D eigenvalue weighted by Gasteiger charge is -2.01. The summed E-state index contributed by atoms with van der Waals surface area (Å²) in [6, 6.07) is 1.32. The molecule has 0 fully saturated rings. The number of carboxylic acid groups (broad SMARTS) is 1. The van der Waals surface area contributed by atoms with Gasteiger partial charge in [0.25, 0.3) is 0 Å². The molecular weight excluding hydrogens is 279 g/mol. The summed E-state index contributed by atoms with van der Waals surface area (Å²) >= 11 is 3.20. The van der Waals surface area contributed by atoms with Crippen LogP contribution in [0.5, 0.6) is 0 Å². The molecule has 2 aromatic rings. The van der Waals surface area contributed by atoms with Gasteiger partial charge in [-0.3, -0.25) is 4.79 Å². The highest BCUT2D eigenvalue weighted by atomic mass is 79.9. The number of fused-ring (bicyclic) bond motifs is 1. The molecule has 0 amide bonds. The number of aryl methyl sites for hydroxylation is 1. The van der Waals surface area contributed by atoms with Crippen LogP contribution in [0.3, 0.4) is 0 Å². The van der Waals surface area contributed by atoms with Crippen molar-refractivity contribution in [2.24, 2.45) is 0 Å². The molecular formula is C10H8BrFN2O2. The van der Waals surface area contributed by atoms with Crippen LogP contribution >= 0.6 is 15.9 Å². The van der Waals surface area contributed by atoms with Crippen LogP contribution in [-0.4, -0.2) is 20.5 Å². The summed E-state index contributed by atoms with van der Waals surface area (Å²) in [5, 5.41) is 8.58. The SMILES string of the molecule is O=C(O)CCc1cnc2c(Br)cc(F)cn12. The van der Waals surface area contributed by atoms with E-state index in [0.29, 0.717) is 22.2 Å². The molecule has 0 aliphatic rings. The lowest BCUT2D eigenvalue weighted by Crippen LogP contribution is -2.00. The Balaban J connectivity index is 2.43. The second kappa shape index (κ2) is 4.21. The number of rotatable bonds is 3. The summed E-state index contributed by atoms with van der Waals surface area (Å²) in [6.45, 7) is 0. The monoisotopic (exact) mass is 286 g/mol. The summed E-state index contributed by atoms with van der Waals surface area (Å²) in [5.74, 6) is -1.28. The first-order chi connectivity index (χ1) is 7.58. The number of nitrogens with zero attached hydrogens (tertiary/aromatic N) is 2. The number of carboxylic acids is 1. The number of halogens is 2. The van der Waals surface area contributed by atoms with E-state index in [-0.39, 0.29) is 6.42 Å². The van der Waals surface area contributed by atoms with Crippen molar-refractivity contribution in [2.75, 3.05) is 0 Å². The molecule has 16 heavy (non-hydrogen) atoms. The van der Waals surface area contributed by atoms with Gasteiger partial charge in [0.1, 0.15) is 5.82 Å². The minimum atomic E-state index is -0.884. The molecule has 84 valence electrons. The minimum absolute atomic E-state index is 0.00191. The van der Waals surface area contributed by atoms with Crippen LogP contribution < -0.4 is 0 Å². The van der Waals surface area contributed by atoms with E-state index >= 15 is 0 Å². The van der Waals surface area contributed by atoms with Gasteiger partial charge in [0.15, 0.2) is 5.65 Å². The smallest absolute Gasteiger partial charge is 0.303 e. The Hall–Kier alpha value is -1.43. The van der Waals surface area contributed by atoms with Gasteiger partial charge < -0.3 is 9.51 Å². The van der Waals surface area contributed by atoms with E-state index in [0.717, 1.165) is 0 Å². The van der Waals surface area contributed by atoms with Gasteiger partial charge in [0.2, 0.25) is 0 Å². The van der Waals surface area contributed by atoms with Gasteiger partial charge in [-0.25, -0.2) is 9.37 Å². The number of carbonyl (C=O) groups is 1. The largest absolute Gasteiger partial charge is 0.481 e. The molecule has 0 aliphatic heterocycles. The maximum atomic E-state index is 13.2. The highest BCUT2D eigenvalue weighted by Gasteiger charge is 2.09. The number of pyridine rings is 1. The zero-order chi connectivity index (χ0) is 11.7. The number of hydrogen-bond acceptors (Lipinski definition) is 2. The fourth-order valence-corrected chi connectivity index (χ4v) is 2.00. The lowest BCUT2D eigenvalue weighted by atomic mass is 10.2. The molecule has 0 atom stereocenters. The van der Waals surface area contributed by atoms with Crippen molar-refractivity contribution in [2.45, 2.75) is 12.8 Å². The molecule has 2 aromatic heterocycles. The molecule has 2 heterocycles. The third kappa shape index (κ3) is 2.06. The van der Waals surface area contributed by atoms with Crippen LogP contribution in [0.15, 0.2) is 22.9 Å². The maximum absolute atomic E-state index is 13.2. The number of imidazole rings is 1. The van der Waals surface area contributed by atoms with Crippen molar-refractivity contribution in [1.29, 1.82) is 0 Å². The molecule has 0 spiro atoms. The van der Waals surface area contributed by atoms with Crippen molar-refractivity contribution < 1.29 is 14.3 Å². The lowest BCUT2D eigenvalue weighted by molar-refractivity contribution is -0.136. The Morgan fingerprint density at radius 2 is 2.38 bits per heavy atom. The first-order valence-corrected chi connectivity index (χ1v) is 5.40. The highest BCUT2D eigenvalue weighted by Crippen LogP contribution is 2.20. The quantitative estimate of drug-likeness (QED) is 0.942. The van der Waals surface area contributed by atoms with E-state index < -0.39 is 11.8 Å². The molecule has 6 heteroatoms. The van der Waals surface area contributed by atoms with Crippen molar-refractivity contribution in [1.82, 2.24) is 9.38 Å². The predicted molar refractivity (Wildman–Crippen MR) is 58.8 cm³/mol. The number of hydrogen-bond donors (Lipinski definition) is 1. The number of aliphatic carboxylic acids is 1. The molecule has 0 bridgehead atoms. The summed E-state index contributed by atoms with van der Waals surface area (Å²) in [4.78, 5) is 14.5. The Kier molecular flexibility index (Phi) is 2.91. The molecule has 0 saturated carbocycles. The van der Waals surface area contributed by atoms with E-state index in [1.807, 2.05) is 0 Å². The molecule has 0 aromatic carbocycles. The summed E-state index contributed by atoms with van der Waals surface area (Å²) in [7, 11) is 0. The van der Waals surface area contributed by atoms with Gasteiger partial charge in [0, 0.05) is 24.5 Å². The van der Waals surface area contributed by atoms with Crippen molar-refractivity contribution in [3.8, 4) is 0 Å². The van der Waals surface area contributed by atoms with E-state index in [1.165, 1.54) is 12.3 Å². The van der Waals surface area contributed by atoms with Crippen molar-refractivity contribution in [3.05, 3.63) is 34.4 Å². The van der Waals surface area contributed by atoms with Crippen LogP contribution in [0, 0.1) is 5.82 Å². The van der Waals surface area contributed by atoms with Gasteiger partial charge in [-0.05, 0) is 22.0 Å². The summed E-state index contributed by atoms with van der Waals surface area (Å²) in [6.07, 6.45) is 3.18. The Morgan fingerprint density at radius 3 is 3.06 bits per heavy atom. The standard InChI is InChI=1S/C10H8BrFN2O2/c11-8-3-6(12)5-14-7(1-2-9(15)16)4-13-10(8)14/h3-5H,1-2H2,(H,15,16). The normalized spacial score (nSPS) is 10.9. The van der Waals surface area contributed by atoms with Crippen LogP contribution in [0.1, 0.15) is 12.1 Å². The third-order valence-electron chi connectivity index (χ3n) is 2.20. The van der Waals surface area contributed by atoms with Gasteiger partial charge in [0.05, 0.1) is 10.9 Å². The molecule has 4 nitrogen and oxygen atoms in total. The zero-order valence-electron chi connectivity index (χ0n) is 8.15. The average molecular weight is 287 g/mol. The molecule has 2 rings (SSSR count). The van der Waals surface area contributed by atoms with E-state index in [4.69, 9.17) is 5.11 Å². The topological polar surface area (TPSA) is 54.6 Å². The van der Waals surface area contributed by atoms with Crippen molar-refractivity contribution in [3.63, 3.8) is 0 Å². The molecule has 0 radical (unpaired) electrons. The second-order valence-electron chi connectivity index (χ2n) is 3.34. The Morgan fingerprint density at radius 1 is 1.62 bits per heavy atom. The van der Waals surface area contributed by atoms with E-state index in [9.17, 15) is 9.18 Å². The van der Waals surface area contributed by atoms with Crippen molar-refractivity contribution >= 4 is 27.5 Å². The molecule has 0 aliphatic carbocycles. The first kappa shape index (κ1) is 11.1. The van der Waals surface area contributed by atoms with Gasteiger partial charge in [-0.2, -0.15) is 0 Å². The summed E-state index contributed by atoms with van der Waals surface area (Å²) in [5.41, 5.74) is 1.26. The third-order valence-corrected chi connectivity index (χ3v) is 2.78. The van der Waals surface area contributed by atoms with Crippen LogP contribution in [0.2, 0.25) is 0 Å². The first-order valence-electron chi connectivity index (χ1n) is 4.60. The van der Waals surface area contributed by atoms with E-state index in [1.54, 1.807) is 10.6 Å².